The minimum Gasteiger partial charge on any atom is -0.357 e. The van der Waals surface area contributed by atoms with Crippen LogP contribution in [-0.2, 0) is 0 Å². The van der Waals surface area contributed by atoms with Gasteiger partial charge in [-0.25, -0.2) is 9.98 Å². The third-order valence-electron chi connectivity index (χ3n) is 4.08. The summed E-state index contributed by atoms with van der Waals surface area (Å²) in [5, 5.41) is 1.90. The highest BCUT2D eigenvalue weighted by atomic mass is 32.1. The second-order valence-electron chi connectivity index (χ2n) is 5.56. The molecule has 3 rings (SSSR count). The Balaban J connectivity index is 1.67. The molecule has 0 aromatic carbocycles. The summed E-state index contributed by atoms with van der Waals surface area (Å²) >= 11 is 1.43. The Morgan fingerprint density at radius 3 is 2.78 bits per heavy atom. The molecule has 0 N–H and O–H groups in total. The average Bonchev–Trinajstić information content (AvgIpc) is 3.02. The molecule has 2 aromatic rings. The molecule has 1 aliphatic heterocycles. The minimum atomic E-state index is 0.687. The molecule has 0 unspecified atom stereocenters. The van der Waals surface area contributed by atoms with Crippen LogP contribution in [0.25, 0.3) is 0 Å². The van der Waals surface area contributed by atoms with Gasteiger partial charge in [0, 0.05) is 32.4 Å². The number of carbonyl (C=O) groups excluding carboxylic acids is 1. The average molecular weight is 328 g/mol. The Labute approximate surface area is 140 Å². The van der Waals surface area contributed by atoms with Crippen molar-refractivity contribution in [1.29, 1.82) is 0 Å². The van der Waals surface area contributed by atoms with Crippen LogP contribution in [0.2, 0.25) is 0 Å². The number of rotatable bonds is 3. The van der Waals surface area contributed by atoms with Crippen molar-refractivity contribution in [3.8, 4) is 0 Å². The number of hydrogen-bond acceptors (Lipinski definition) is 5. The summed E-state index contributed by atoms with van der Waals surface area (Å²) in [6.45, 7) is 7.77. The van der Waals surface area contributed by atoms with E-state index in [0.29, 0.717) is 4.88 Å². The maximum Gasteiger partial charge on any atom is 0.162 e. The van der Waals surface area contributed by atoms with Crippen LogP contribution in [0.4, 0.5) is 11.5 Å². The van der Waals surface area contributed by atoms with Crippen molar-refractivity contribution in [2.45, 2.75) is 13.8 Å². The number of anilines is 1. The van der Waals surface area contributed by atoms with Gasteiger partial charge in [-0.05, 0) is 36.9 Å². The summed E-state index contributed by atoms with van der Waals surface area (Å²) < 4.78 is 0. The van der Waals surface area contributed by atoms with E-state index in [0.717, 1.165) is 49.8 Å². The molecule has 5 nitrogen and oxygen atoms in total. The molecule has 1 saturated heterocycles. The van der Waals surface area contributed by atoms with Gasteiger partial charge in [-0.1, -0.05) is 6.07 Å². The van der Waals surface area contributed by atoms with Gasteiger partial charge in [0.25, 0.3) is 0 Å². The molecule has 0 spiro atoms. The number of pyridine rings is 1. The van der Waals surface area contributed by atoms with Crippen molar-refractivity contribution >= 4 is 35.0 Å². The summed E-state index contributed by atoms with van der Waals surface area (Å²) in [6, 6.07) is 5.96. The molecule has 0 bridgehead atoms. The number of aldehydes is 1. The van der Waals surface area contributed by atoms with Gasteiger partial charge in [-0.15, -0.1) is 11.3 Å². The standard InChI is InChI=1S/C17H20N4OS/c1-13-4-3-6-18-17(13)21-9-7-20(8-10-21)14(2)19-15-5-11-23-16(15)12-22/h3-6,11-12H,7-10H2,1-2H3. The molecular formula is C17H20N4OS. The lowest BCUT2D eigenvalue weighted by Crippen LogP contribution is -2.48. The molecule has 0 saturated carbocycles. The Morgan fingerprint density at radius 1 is 1.30 bits per heavy atom. The first-order chi connectivity index (χ1) is 11.2. The zero-order valence-corrected chi connectivity index (χ0v) is 14.2. The number of aliphatic imine (C=N–C) groups is 1. The van der Waals surface area contributed by atoms with Crippen LogP contribution in [0, 0.1) is 6.92 Å². The van der Waals surface area contributed by atoms with E-state index in [2.05, 4.69) is 32.8 Å². The molecule has 23 heavy (non-hydrogen) atoms. The molecule has 1 aliphatic rings. The Kier molecular flexibility index (Phi) is 4.71. The Morgan fingerprint density at radius 2 is 2.09 bits per heavy atom. The van der Waals surface area contributed by atoms with Gasteiger partial charge >= 0.3 is 0 Å². The summed E-state index contributed by atoms with van der Waals surface area (Å²) in [5.41, 5.74) is 1.98. The van der Waals surface area contributed by atoms with Gasteiger partial charge in [0.05, 0.1) is 10.6 Å². The van der Waals surface area contributed by atoms with Crippen LogP contribution in [-0.4, -0.2) is 48.2 Å². The van der Waals surface area contributed by atoms with E-state index in [1.165, 1.54) is 16.9 Å². The highest BCUT2D eigenvalue weighted by molar-refractivity contribution is 7.12. The van der Waals surface area contributed by atoms with Gasteiger partial charge in [-0.2, -0.15) is 0 Å². The molecule has 0 atom stereocenters. The van der Waals surface area contributed by atoms with Crippen molar-refractivity contribution in [3.05, 3.63) is 40.2 Å². The van der Waals surface area contributed by atoms with Gasteiger partial charge in [-0.3, -0.25) is 4.79 Å². The second kappa shape index (κ2) is 6.91. The third-order valence-corrected chi connectivity index (χ3v) is 4.91. The number of aryl methyl sites for hydroxylation is 1. The SMILES string of the molecule is CC(=Nc1ccsc1C=O)N1CCN(c2ncccc2C)CC1. The lowest BCUT2D eigenvalue weighted by Gasteiger charge is -2.37. The van der Waals surface area contributed by atoms with Crippen LogP contribution < -0.4 is 4.90 Å². The molecule has 0 radical (unpaired) electrons. The van der Waals surface area contributed by atoms with Crippen molar-refractivity contribution in [1.82, 2.24) is 9.88 Å². The minimum absolute atomic E-state index is 0.687. The summed E-state index contributed by atoms with van der Waals surface area (Å²) in [6.07, 6.45) is 2.72. The number of piperazine rings is 1. The van der Waals surface area contributed by atoms with E-state index >= 15 is 0 Å². The van der Waals surface area contributed by atoms with E-state index in [1.807, 2.05) is 30.6 Å². The van der Waals surface area contributed by atoms with E-state index < -0.39 is 0 Å². The largest absolute Gasteiger partial charge is 0.357 e. The topological polar surface area (TPSA) is 48.8 Å². The third kappa shape index (κ3) is 3.42. The molecule has 6 heteroatoms. The molecule has 0 amide bonds. The number of amidine groups is 1. The first kappa shape index (κ1) is 15.7. The number of hydrogen-bond donors (Lipinski definition) is 0. The molecule has 0 aliphatic carbocycles. The fraction of sp³-hybridized carbons (Fsp3) is 0.353. The smallest absolute Gasteiger partial charge is 0.162 e. The molecule has 3 heterocycles. The van der Waals surface area contributed by atoms with Gasteiger partial charge < -0.3 is 9.80 Å². The monoisotopic (exact) mass is 328 g/mol. The fourth-order valence-corrected chi connectivity index (χ4v) is 3.42. The van der Waals surface area contributed by atoms with Crippen molar-refractivity contribution in [3.63, 3.8) is 0 Å². The van der Waals surface area contributed by atoms with Crippen molar-refractivity contribution in [2.24, 2.45) is 4.99 Å². The number of carbonyl (C=O) groups is 1. The normalized spacial score (nSPS) is 15.8. The van der Waals surface area contributed by atoms with Gasteiger partial charge in [0.2, 0.25) is 0 Å². The predicted octanol–water partition coefficient (Wildman–Crippen LogP) is 3.14. The molecule has 1 fully saturated rings. The quantitative estimate of drug-likeness (QED) is 0.493. The number of thiophene rings is 1. The fourth-order valence-electron chi connectivity index (χ4n) is 2.79. The molecule has 2 aromatic heterocycles. The lowest BCUT2D eigenvalue weighted by molar-refractivity contribution is 0.112. The Hall–Kier alpha value is -2.21. The van der Waals surface area contributed by atoms with Crippen molar-refractivity contribution in [2.75, 3.05) is 31.1 Å². The van der Waals surface area contributed by atoms with Crippen LogP contribution in [0.1, 0.15) is 22.2 Å². The summed E-state index contributed by atoms with van der Waals surface area (Å²) in [7, 11) is 0. The van der Waals surface area contributed by atoms with Crippen LogP contribution in [0.15, 0.2) is 34.8 Å². The first-order valence-electron chi connectivity index (χ1n) is 7.68. The number of aromatic nitrogens is 1. The highest BCUT2D eigenvalue weighted by Gasteiger charge is 2.20. The van der Waals surface area contributed by atoms with E-state index in [4.69, 9.17) is 0 Å². The maximum atomic E-state index is 11.0. The Bertz CT molecular complexity index is 717. The second-order valence-corrected chi connectivity index (χ2v) is 6.51. The summed E-state index contributed by atoms with van der Waals surface area (Å²) in [5.74, 6) is 2.03. The van der Waals surface area contributed by atoms with E-state index in [9.17, 15) is 4.79 Å². The highest BCUT2D eigenvalue weighted by Crippen LogP contribution is 2.24. The summed E-state index contributed by atoms with van der Waals surface area (Å²) in [4.78, 5) is 25.4. The number of nitrogens with zero attached hydrogens (tertiary/aromatic N) is 4. The van der Waals surface area contributed by atoms with Crippen LogP contribution in [0.3, 0.4) is 0 Å². The zero-order valence-electron chi connectivity index (χ0n) is 13.4. The molecule has 120 valence electrons. The maximum absolute atomic E-state index is 11.0. The van der Waals surface area contributed by atoms with Gasteiger partial charge in [0.1, 0.15) is 11.7 Å². The first-order valence-corrected chi connectivity index (χ1v) is 8.56. The van der Waals surface area contributed by atoms with Gasteiger partial charge in [0.15, 0.2) is 6.29 Å². The predicted molar refractivity (Wildman–Crippen MR) is 95.2 cm³/mol. The van der Waals surface area contributed by atoms with E-state index in [-0.39, 0.29) is 0 Å². The van der Waals surface area contributed by atoms with Crippen molar-refractivity contribution < 1.29 is 4.79 Å². The lowest BCUT2D eigenvalue weighted by atomic mass is 10.2. The van der Waals surface area contributed by atoms with Crippen LogP contribution in [0.5, 0.6) is 0 Å². The zero-order chi connectivity index (χ0) is 16.2. The molecular weight excluding hydrogens is 308 g/mol. The van der Waals surface area contributed by atoms with E-state index in [1.54, 1.807) is 0 Å². The van der Waals surface area contributed by atoms with Crippen LogP contribution >= 0.6 is 11.3 Å².